The van der Waals surface area contributed by atoms with Crippen molar-refractivity contribution in [3.05, 3.63) is 78.0 Å². The molecule has 0 unspecified atom stereocenters. The molecule has 0 atom stereocenters. The van der Waals surface area contributed by atoms with Crippen LogP contribution in [0.1, 0.15) is 11.1 Å². The van der Waals surface area contributed by atoms with Gasteiger partial charge in [0.25, 0.3) is 5.91 Å². The zero-order valence-corrected chi connectivity index (χ0v) is 17.7. The normalized spacial score (nSPS) is 16.8. The zero-order chi connectivity index (χ0) is 22.1. The van der Waals surface area contributed by atoms with E-state index in [9.17, 15) is 9.18 Å². The first-order chi connectivity index (χ1) is 15.6. The maximum Gasteiger partial charge on any atom is 0.257 e. The largest absolute Gasteiger partial charge is 0.366 e. The number of halogens is 1. The first-order valence-corrected chi connectivity index (χ1v) is 10.5. The quantitative estimate of drug-likeness (QED) is 0.616. The highest BCUT2D eigenvalue weighted by Gasteiger charge is 2.25. The van der Waals surface area contributed by atoms with Crippen LogP contribution in [0.3, 0.4) is 0 Å². The molecule has 1 amide bonds. The standard InChI is InChI=1S/C24H23FN6O/c1-16-4-2-5-20-22(16)18(23(32)29-20)15-28-17-6-7-21(19(25)14-17)30-10-12-31(13-11-30)24-26-8-3-9-27-24/h2-9,14-15,28H,10-13H2,1H3,(H,29,32)/b18-15+. The number of fused-ring (bicyclic) bond motifs is 1. The third-order valence-electron chi connectivity index (χ3n) is 5.82. The Balaban J connectivity index is 1.28. The van der Waals surface area contributed by atoms with Crippen molar-refractivity contribution in [2.75, 3.05) is 46.6 Å². The van der Waals surface area contributed by atoms with Crippen LogP contribution in [0.15, 0.2) is 61.1 Å². The smallest absolute Gasteiger partial charge is 0.257 e. The number of amides is 1. The summed E-state index contributed by atoms with van der Waals surface area (Å²) in [5.74, 6) is 0.234. The number of piperazine rings is 1. The topological polar surface area (TPSA) is 73.4 Å². The summed E-state index contributed by atoms with van der Waals surface area (Å²) >= 11 is 0. The second kappa shape index (κ2) is 8.30. The first kappa shape index (κ1) is 20.0. The van der Waals surface area contributed by atoms with Crippen LogP contribution in [0, 0.1) is 12.7 Å². The van der Waals surface area contributed by atoms with Gasteiger partial charge in [-0.25, -0.2) is 14.4 Å². The van der Waals surface area contributed by atoms with Crippen LogP contribution < -0.4 is 20.4 Å². The summed E-state index contributed by atoms with van der Waals surface area (Å²) in [4.78, 5) is 25.1. The number of aryl methyl sites for hydroxylation is 1. The number of carbonyl (C=O) groups is 1. The molecule has 0 spiro atoms. The summed E-state index contributed by atoms with van der Waals surface area (Å²) in [6.45, 7) is 4.78. The van der Waals surface area contributed by atoms with Crippen LogP contribution in [0.2, 0.25) is 0 Å². The average Bonchev–Trinajstić information content (AvgIpc) is 3.15. The maximum absolute atomic E-state index is 14.9. The van der Waals surface area contributed by atoms with Gasteiger partial charge in [0.1, 0.15) is 5.82 Å². The number of aromatic nitrogens is 2. The number of hydrogen-bond donors (Lipinski definition) is 2. The monoisotopic (exact) mass is 430 g/mol. The van der Waals surface area contributed by atoms with E-state index in [1.54, 1.807) is 30.7 Å². The lowest BCUT2D eigenvalue weighted by Gasteiger charge is -2.36. The Labute approximate surface area is 185 Å². The summed E-state index contributed by atoms with van der Waals surface area (Å²) in [6.07, 6.45) is 5.09. The third-order valence-corrected chi connectivity index (χ3v) is 5.82. The summed E-state index contributed by atoms with van der Waals surface area (Å²) in [7, 11) is 0. The number of hydrogen-bond acceptors (Lipinski definition) is 6. The predicted octanol–water partition coefficient (Wildman–Crippen LogP) is 3.66. The fourth-order valence-corrected chi connectivity index (χ4v) is 4.18. The van der Waals surface area contributed by atoms with Crippen LogP contribution in [-0.2, 0) is 4.79 Å². The molecule has 2 aromatic carbocycles. The van der Waals surface area contributed by atoms with E-state index in [-0.39, 0.29) is 11.7 Å². The van der Waals surface area contributed by atoms with E-state index < -0.39 is 0 Å². The molecule has 3 heterocycles. The molecule has 3 aromatic rings. The van der Waals surface area contributed by atoms with Crippen molar-refractivity contribution in [2.24, 2.45) is 0 Å². The number of rotatable bonds is 4. The molecule has 7 nitrogen and oxygen atoms in total. The summed E-state index contributed by atoms with van der Waals surface area (Å²) in [5.41, 5.74) is 4.38. The molecule has 2 aliphatic rings. The molecule has 162 valence electrons. The van der Waals surface area contributed by atoms with Gasteiger partial charge in [0, 0.05) is 61.7 Å². The van der Waals surface area contributed by atoms with Crippen molar-refractivity contribution in [2.45, 2.75) is 6.92 Å². The van der Waals surface area contributed by atoms with Crippen molar-refractivity contribution in [3.63, 3.8) is 0 Å². The van der Waals surface area contributed by atoms with Gasteiger partial charge >= 0.3 is 0 Å². The number of benzene rings is 2. The van der Waals surface area contributed by atoms with E-state index in [0.29, 0.717) is 36.0 Å². The molecule has 8 heteroatoms. The Morgan fingerprint density at radius 1 is 1.03 bits per heavy atom. The molecule has 0 bridgehead atoms. The van der Waals surface area contributed by atoms with Crippen molar-refractivity contribution in [1.29, 1.82) is 0 Å². The lowest BCUT2D eigenvalue weighted by atomic mass is 10.0. The Kier molecular flexibility index (Phi) is 5.18. The second-order valence-electron chi connectivity index (χ2n) is 7.84. The highest BCUT2D eigenvalue weighted by molar-refractivity contribution is 6.32. The van der Waals surface area contributed by atoms with E-state index in [1.807, 2.05) is 36.1 Å². The fraction of sp³-hybridized carbons (Fsp3) is 0.208. The molecule has 32 heavy (non-hydrogen) atoms. The van der Waals surface area contributed by atoms with Crippen molar-refractivity contribution in [1.82, 2.24) is 9.97 Å². The molecular weight excluding hydrogens is 407 g/mol. The SMILES string of the molecule is Cc1cccc2c1/C(=C\Nc1ccc(N3CCN(c4ncccn4)CC3)c(F)c1)C(=O)N2. The van der Waals surface area contributed by atoms with E-state index in [2.05, 4.69) is 25.5 Å². The maximum atomic E-state index is 14.9. The molecule has 1 fully saturated rings. The minimum atomic E-state index is -0.301. The minimum absolute atomic E-state index is 0.167. The van der Waals surface area contributed by atoms with Gasteiger partial charge in [0.15, 0.2) is 0 Å². The van der Waals surface area contributed by atoms with Gasteiger partial charge in [-0.1, -0.05) is 12.1 Å². The van der Waals surface area contributed by atoms with E-state index >= 15 is 0 Å². The van der Waals surface area contributed by atoms with Crippen LogP contribution in [0.4, 0.5) is 27.4 Å². The zero-order valence-electron chi connectivity index (χ0n) is 17.7. The van der Waals surface area contributed by atoms with E-state index in [1.165, 1.54) is 6.07 Å². The van der Waals surface area contributed by atoms with Crippen LogP contribution in [0.5, 0.6) is 0 Å². The first-order valence-electron chi connectivity index (χ1n) is 10.5. The van der Waals surface area contributed by atoms with Gasteiger partial charge in [0.05, 0.1) is 11.3 Å². The number of nitrogens with one attached hydrogen (secondary N) is 2. The Morgan fingerprint density at radius 2 is 1.78 bits per heavy atom. The molecule has 1 saturated heterocycles. The molecule has 2 N–H and O–H groups in total. The second-order valence-corrected chi connectivity index (χ2v) is 7.84. The Hall–Kier alpha value is -3.94. The Morgan fingerprint density at radius 3 is 2.53 bits per heavy atom. The van der Waals surface area contributed by atoms with Gasteiger partial charge in [-0.15, -0.1) is 0 Å². The van der Waals surface area contributed by atoms with Crippen molar-refractivity contribution < 1.29 is 9.18 Å². The van der Waals surface area contributed by atoms with Crippen molar-refractivity contribution in [3.8, 4) is 0 Å². The lowest BCUT2D eigenvalue weighted by molar-refractivity contribution is -0.110. The van der Waals surface area contributed by atoms with Crippen molar-refractivity contribution >= 4 is 34.5 Å². The van der Waals surface area contributed by atoms with Gasteiger partial charge in [-0.3, -0.25) is 4.79 Å². The van der Waals surface area contributed by atoms with Gasteiger partial charge in [0.2, 0.25) is 5.95 Å². The van der Waals surface area contributed by atoms with Gasteiger partial charge in [-0.2, -0.15) is 0 Å². The predicted molar refractivity (Wildman–Crippen MR) is 124 cm³/mol. The molecule has 0 radical (unpaired) electrons. The molecule has 1 aromatic heterocycles. The third kappa shape index (κ3) is 3.75. The van der Waals surface area contributed by atoms with Crippen LogP contribution in [-0.4, -0.2) is 42.1 Å². The molecule has 0 aliphatic carbocycles. The lowest BCUT2D eigenvalue weighted by Crippen LogP contribution is -2.47. The molecule has 2 aliphatic heterocycles. The van der Waals surface area contributed by atoms with E-state index in [4.69, 9.17) is 0 Å². The van der Waals surface area contributed by atoms with E-state index in [0.717, 1.165) is 29.9 Å². The van der Waals surface area contributed by atoms with Crippen LogP contribution in [0.25, 0.3) is 5.57 Å². The van der Waals surface area contributed by atoms with Gasteiger partial charge in [-0.05, 0) is 42.8 Å². The number of nitrogens with zero attached hydrogens (tertiary/aromatic N) is 4. The summed E-state index contributed by atoms with van der Waals surface area (Å²) in [5, 5.41) is 5.94. The molecule has 5 rings (SSSR count). The Bertz CT molecular complexity index is 1190. The fourth-order valence-electron chi connectivity index (χ4n) is 4.18. The number of carbonyl (C=O) groups excluding carboxylic acids is 1. The summed E-state index contributed by atoms with van der Waals surface area (Å²) < 4.78 is 14.9. The summed E-state index contributed by atoms with van der Waals surface area (Å²) in [6, 6.07) is 12.6. The average molecular weight is 430 g/mol. The minimum Gasteiger partial charge on any atom is -0.366 e. The molecule has 0 saturated carbocycles. The highest BCUT2D eigenvalue weighted by atomic mass is 19.1. The molecular formula is C24H23FN6O. The highest BCUT2D eigenvalue weighted by Crippen LogP contribution is 2.34. The number of anilines is 4. The van der Waals surface area contributed by atoms with Gasteiger partial charge < -0.3 is 20.4 Å². The van der Waals surface area contributed by atoms with Crippen LogP contribution >= 0.6 is 0 Å².